The van der Waals surface area contributed by atoms with Crippen LogP contribution in [0.3, 0.4) is 0 Å². The number of rotatable bonds is 10. The summed E-state index contributed by atoms with van der Waals surface area (Å²) in [6, 6.07) is 15.0. The molecule has 31 heavy (non-hydrogen) atoms. The Morgan fingerprint density at radius 3 is 2.42 bits per heavy atom. The molecule has 0 aliphatic rings. The van der Waals surface area contributed by atoms with Gasteiger partial charge in [0, 0.05) is 45.4 Å². The summed E-state index contributed by atoms with van der Waals surface area (Å²) in [5.74, 6) is 1.96. The lowest BCUT2D eigenvalue weighted by Crippen LogP contribution is -2.41. The zero-order valence-corrected chi connectivity index (χ0v) is 21.4. The summed E-state index contributed by atoms with van der Waals surface area (Å²) in [7, 11) is 3.34. The molecule has 0 bridgehead atoms. The summed E-state index contributed by atoms with van der Waals surface area (Å²) in [4.78, 5) is 6.13. The van der Waals surface area contributed by atoms with E-state index in [1.54, 1.807) is 21.3 Å². The van der Waals surface area contributed by atoms with Crippen LogP contribution in [-0.2, 0) is 23.1 Å². The molecule has 0 unspecified atom stereocenters. The fourth-order valence-electron chi connectivity index (χ4n) is 2.86. The largest absolute Gasteiger partial charge is 0.497 e. The summed E-state index contributed by atoms with van der Waals surface area (Å²) in [6.07, 6.45) is 0. The molecule has 0 fully saturated rings. The number of methoxy groups -OCH3 is 2. The Kier molecular flexibility index (Phi) is 11.6. The lowest BCUT2D eigenvalue weighted by Gasteiger charge is -2.23. The lowest BCUT2D eigenvalue weighted by atomic mass is 10.2. The van der Waals surface area contributed by atoms with Gasteiger partial charge in [0.25, 0.3) is 0 Å². The molecule has 10 heteroatoms. The molecule has 2 aromatic carbocycles. The van der Waals surface area contributed by atoms with E-state index in [2.05, 4.69) is 15.0 Å². The van der Waals surface area contributed by atoms with E-state index >= 15 is 0 Å². The summed E-state index contributed by atoms with van der Waals surface area (Å²) in [5.41, 5.74) is 1.87. The highest BCUT2D eigenvalue weighted by atomic mass is 127. The van der Waals surface area contributed by atoms with Crippen molar-refractivity contribution in [1.29, 1.82) is 0 Å². The maximum Gasteiger partial charge on any atom is 0.213 e. The van der Waals surface area contributed by atoms with Gasteiger partial charge in [-0.25, -0.2) is 13.1 Å². The van der Waals surface area contributed by atoms with E-state index in [1.807, 2.05) is 60.5 Å². The average Bonchev–Trinajstić information content (AvgIpc) is 2.76. The fraction of sp³-hybridized carbons (Fsp3) is 0.381. The van der Waals surface area contributed by atoms with Crippen molar-refractivity contribution in [3.63, 3.8) is 0 Å². The normalized spacial score (nSPS) is 11.4. The molecular formula is C21H31IN4O4S. The Hall–Kier alpha value is -2.05. The molecule has 0 heterocycles. The number of nitrogens with one attached hydrogen (secondary N) is 2. The third-order valence-corrected chi connectivity index (χ3v) is 5.79. The van der Waals surface area contributed by atoms with Gasteiger partial charge in [-0.05, 0) is 17.7 Å². The van der Waals surface area contributed by atoms with Gasteiger partial charge >= 0.3 is 0 Å². The molecule has 0 aromatic heterocycles. The summed E-state index contributed by atoms with van der Waals surface area (Å²) in [5, 5.41) is 3.10. The van der Waals surface area contributed by atoms with Crippen molar-refractivity contribution in [1.82, 2.24) is 14.9 Å². The molecule has 0 amide bonds. The third-order valence-electron chi connectivity index (χ3n) is 4.47. The summed E-state index contributed by atoms with van der Waals surface area (Å²) in [6.45, 7) is 1.04. The molecule has 0 aliphatic carbocycles. The van der Waals surface area contributed by atoms with Crippen LogP contribution in [0.4, 0.5) is 0 Å². The molecule has 0 saturated carbocycles. The topological polar surface area (TPSA) is 92.3 Å². The molecule has 0 atom stereocenters. The van der Waals surface area contributed by atoms with Crippen molar-refractivity contribution < 1.29 is 17.9 Å². The number of aliphatic imine (C=N–C) groups is 1. The maximum absolute atomic E-state index is 12.2. The SMILES string of the molecule is CN=C(NCCS(=O)(=O)NCc1ccccc1)N(C)Cc1ccc(OC)cc1OC.I. The van der Waals surface area contributed by atoms with Crippen molar-refractivity contribution in [2.45, 2.75) is 13.1 Å². The van der Waals surface area contributed by atoms with Crippen molar-refractivity contribution >= 4 is 40.0 Å². The molecule has 0 aliphatic heterocycles. The molecule has 2 N–H and O–H groups in total. The zero-order valence-electron chi connectivity index (χ0n) is 18.3. The third kappa shape index (κ3) is 8.91. The van der Waals surface area contributed by atoms with Crippen LogP contribution in [-0.4, -0.2) is 59.9 Å². The van der Waals surface area contributed by atoms with Gasteiger partial charge in [0.1, 0.15) is 11.5 Å². The molecule has 0 spiro atoms. The number of nitrogens with zero attached hydrogens (tertiary/aromatic N) is 2. The second-order valence-corrected chi connectivity index (χ2v) is 8.56. The molecule has 172 valence electrons. The monoisotopic (exact) mass is 562 g/mol. The predicted molar refractivity (Wildman–Crippen MR) is 135 cm³/mol. The highest BCUT2D eigenvalue weighted by molar-refractivity contribution is 14.0. The number of ether oxygens (including phenoxy) is 2. The van der Waals surface area contributed by atoms with Gasteiger partial charge in [0.05, 0.1) is 20.0 Å². The Labute approximate surface area is 202 Å². The van der Waals surface area contributed by atoms with Crippen LogP contribution in [0.1, 0.15) is 11.1 Å². The number of hydrogen-bond donors (Lipinski definition) is 2. The first kappa shape index (κ1) is 27.0. The van der Waals surface area contributed by atoms with Crippen LogP contribution in [0, 0.1) is 0 Å². The van der Waals surface area contributed by atoms with E-state index in [0.717, 1.165) is 11.1 Å². The second-order valence-electron chi connectivity index (χ2n) is 6.63. The number of benzene rings is 2. The minimum Gasteiger partial charge on any atom is -0.497 e. The molecule has 2 aromatic rings. The van der Waals surface area contributed by atoms with Crippen LogP contribution in [0.2, 0.25) is 0 Å². The van der Waals surface area contributed by atoms with Crippen molar-refractivity contribution in [3.05, 3.63) is 59.7 Å². The van der Waals surface area contributed by atoms with E-state index in [9.17, 15) is 8.42 Å². The van der Waals surface area contributed by atoms with Crippen LogP contribution < -0.4 is 19.5 Å². The standard InChI is InChI=1S/C21H30N4O4S.HI/c1-22-21(25(2)16-18-10-11-19(28-3)14-20(18)29-4)23-12-13-30(26,27)24-15-17-8-6-5-7-9-17;/h5-11,14,24H,12-13,15-16H2,1-4H3,(H,22,23);1H. The molecule has 8 nitrogen and oxygen atoms in total. The Bertz CT molecular complexity index is 940. The van der Waals surface area contributed by atoms with E-state index in [4.69, 9.17) is 9.47 Å². The van der Waals surface area contributed by atoms with Crippen molar-refractivity contribution in [3.8, 4) is 11.5 Å². The van der Waals surface area contributed by atoms with Crippen molar-refractivity contribution in [2.75, 3.05) is 40.6 Å². The van der Waals surface area contributed by atoms with Crippen LogP contribution in [0.25, 0.3) is 0 Å². The molecule has 2 rings (SSSR count). The Balaban J connectivity index is 0.00000480. The van der Waals surface area contributed by atoms with E-state index in [1.165, 1.54) is 0 Å². The van der Waals surface area contributed by atoms with Gasteiger partial charge in [-0.1, -0.05) is 30.3 Å². The minimum atomic E-state index is -3.41. The van der Waals surface area contributed by atoms with Gasteiger partial charge < -0.3 is 19.7 Å². The maximum atomic E-state index is 12.2. The van der Waals surface area contributed by atoms with Crippen LogP contribution >= 0.6 is 24.0 Å². The highest BCUT2D eigenvalue weighted by Crippen LogP contribution is 2.25. The van der Waals surface area contributed by atoms with Gasteiger partial charge in [0.15, 0.2) is 5.96 Å². The van der Waals surface area contributed by atoms with E-state index in [-0.39, 0.29) is 42.8 Å². The van der Waals surface area contributed by atoms with Gasteiger partial charge in [0.2, 0.25) is 10.0 Å². The lowest BCUT2D eigenvalue weighted by molar-refractivity contribution is 0.382. The molecule has 0 saturated heterocycles. The van der Waals surface area contributed by atoms with E-state index < -0.39 is 10.0 Å². The predicted octanol–water partition coefficient (Wildman–Crippen LogP) is 2.45. The van der Waals surface area contributed by atoms with Crippen molar-refractivity contribution in [2.24, 2.45) is 4.99 Å². The molecule has 0 radical (unpaired) electrons. The summed E-state index contributed by atoms with van der Waals surface area (Å²) < 4.78 is 37.8. The quantitative estimate of drug-likeness (QED) is 0.263. The Morgan fingerprint density at radius 2 is 1.81 bits per heavy atom. The zero-order chi connectivity index (χ0) is 22.0. The number of hydrogen-bond acceptors (Lipinski definition) is 5. The first-order valence-corrected chi connectivity index (χ1v) is 11.2. The highest BCUT2D eigenvalue weighted by Gasteiger charge is 2.14. The smallest absolute Gasteiger partial charge is 0.213 e. The number of sulfonamides is 1. The first-order chi connectivity index (χ1) is 14.4. The van der Waals surface area contributed by atoms with Gasteiger partial charge in [-0.3, -0.25) is 4.99 Å². The van der Waals surface area contributed by atoms with Gasteiger partial charge in [-0.2, -0.15) is 0 Å². The second kappa shape index (κ2) is 13.4. The Morgan fingerprint density at radius 1 is 1.10 bits per heavy atom. The summed E-state index contributed by atoms with van der Waals surface area (Å²) >= 11 is 0. The number of halogens is 1. The average molecular weight is 562 g/mol. The first-order valence-electron chi connectivity index (χ1n) is 9.52. The minimum absolute atomic E-state index is 0. The van der Waals surface area contributed by atoms with Crippen LogP contribution in [0.5, 0.6) is 11.5 Å². The van der Waals surface area contributed by atoms with Gasteiger partial charge in [-0.15, -0.1) is 24.0 Å². The molecular weight excluding hydrogens is 531 g/mol. The fourth-order valence-corrected chi connectivity index (χ4v) is 3.76. The van der Waals surface area contributed by atoms with Crippen LogP contribution in [0.15, 0.2) is 53.5 Å². The van der Waals surface area contributed by atoms with E-state index in [0.29, 0.717) is 24.0 Å². The number of guanidine groups is 1.